The number of carbonyl (C=O) groups is 1. The SMILES string of the molecule is CCCCC(CC)C(N)=O.[LiH]. The fraction of sp³-hybridized carbons (Fsp3) is 0.875. The summed E-state index contributed by atoms with van der Waals surface area (Å²) in [4.78, 5) is 10.7. The Hall–Kier alpha value is 0.0674. The van der Waals surface area contributed by atoms with Crippen molar-refractivity contribution in [2.45, 2.75) is 39.5 Å². The number of hydrogen-bond acceptors (Lipinski definition) is 1. The molecular weight excluding hydrogens is 133 g/mol. The van der Waals surface area contributed by atoms with Gasteiger partial charge >= 0.3 is 18.9 Å². The molecule has 0 aromatic rings. The zero-order valence-corrected chi connectivity index (χ0v) is 6.89. The Morgan fingerprint density at radius 1 is 1.45 bits per heavy atom. The third kappa shape index (κ3) is 6.46. The maximum atomic E-state index is 10.7. The van der Waals surface area contributed by atoms with Crippen molar-refractivity contribution in [1.29, 1.82) is 0 Å². The maximum absolute atomic E-state index is 10.7. The normalized spacial score (nSPS) is 11.8. The molecule has 0 heterocycles. The van der Waals surface area contributed by atoms with Crippen LogP contribution < -0.4 is 5.73 Å². The number of rotatable bonds is 5. The van der Waals surface area contributed by atoms with Gasteiger partial charge in [0, 0.05) is 5.92 Å². The first kappa shape index (κ1) is 13.6. The van der Waals surface area contributed by atoms with Crippen LogP contribution >= 0.6 is 0 Å². The van der Waals surface area contributed by atoms with Gasteiger partial charge < -0.3 is 5.73 Å². The summed E-state index contributed by atoms with van der Waals surface area (Å²) < 4.78 is 0. The Morgan fingerprint density at radius 2 is 2.00 bits per heavy atom. The quantitative estimate of drug-likeness (QED) is 0.586. The molecule has 0 bridgehead atoms. The van der Waals surface area contributed by atoms with Gasteiger partial charge in [-0.25, -0.2) is 0 Å². The molecule has 0 aliphatic rings. The van der Waals surface area contributed by atoms with Gasteiger partial charge in [0.15, 0.2) is 0 Å². The van der Waals surface area contributed by atoms with Crippen LogP contribution in [0.2, 0.25) is 0 Å². The van der Waals surface area contributed by atoms with Crippen molar-refractivity contribution in [3.05, 3.63) is 0 Å². The molecule has 0 saturated carbocycles. The van der Waals surface area contributed by atoms with E-state index in [2.05, 4.69) is 6.92 Å². The second kappa shape index (κ2) is 8.17. The number of amides is 1. The van der Waals surface area contributed by atoms with Gasteiger partial charge in [-0.2, -0.15) is 0 Å². The third-order valence-electron chi connectivity index (χ3n) is 1.80. The van der Waals surface area contributed by atoms with E-state index in [0.717, 1.165) is 25.7 Å². The molecule has 11 heavy (non-hydrogen) atoms. The van der Waals surface area contributed by atoms with Gasteiger partial charge in [-0.1, -0.05) is 26.7 Å². The molecule has 0 spiro atoms. The number of primary amides is 1. The van der Waals surface area contributed by atoms with Gasteiger partial charge in [-0.3, -0.25) is 4.79 Å². The van der Waals surface area contributed by atoms with Crippen LogP contribution in [-0.4, -0.2) is 24.8 Å². The molecule has 0 aromatic carbocycles. The van der Waals surface area contributed by atoms with E-state index in [1.165, 1.54) is 0 Å². The zero-order valence-electron chi connectivity index (χ0n) is 6.89. The first-order chi connectivity index (χ1) is 4.72. The van der Waals surface area contributed by atoms with Crippen molar-refractivity contribution in [3.63, 3.8) is 0 Å². The van der Waals surface area contributed by atoms with Gasteiger partial charge in [-0.15, -0.1) is 0 Å². The van der Waals surface area contributed by atoms with Crippen LogP contribution in [0.4, 0.5) is 0 Å². The molecule has 0 aliphatic carbocycles. The first-order valence-corrected chi connectivity index (χ1v) is 4.01. The summed E-state index contributed by atoms with van der Waals surface area (Å²) in [5.74, 6) is -0.0316. The summed E-state index contributed by atoms with van der Waals surface area (Å²) in [6.07, 6.45) is 4.10. The summed E-state index contributed by atoms with van der Waals surface area (Å²) in [7, 11) is 0. The Bertz CT molecular complexity index is 106. The van der Waals surface area contributed by atoms with Crippen molar-refractivity contribution >= 4 is 24.8 Å². The summed E-state index contributed by atoms with van der Waals surface area (Å²) in [5, 5.41) is 0. The molecule has 0 fully saturated rings. The second-order valence-electron chi connectivity index (χ2n) is 2.65. The van der Waals surface area contributed by atoms with Crippen LogP contribution in [0, 0.1) is 5.92 Å². The molecule has 0 radical (unpaired) electrons. The van der Waals surface area contributed by atoms with Crippen molar-refractivity contribution in [2.24, 2.45) is 11.7 Å². The van der Waals surface area contributed by atoms with Gasteiger partial charge in [0.05, 0.1) is 0 Å². The Balaban J connectivity index is 0. The van der Waals surface area contributed by atoms with E-state index >= 15 is 0 Å². The van der Waals surface area contributed by atoms with E-state index in [0.29, 0.717) is 0 Å². The van der Waals surface area contributed by atoms with Crippen molar-refractivity contribution in [1.82, 2.24) is 0 Å². The number of carbonyl (C=O) groups excluding carboxylic acids is 1. The molecule has 0 saturated heterocycles. The van der Waals surface area contributed by atoms with Gasteiger partial charge in [0.25, 0.3) is 0 Å². The minimum absolute atomic E-state index is 0. The average molecular weight is 151 g/mol. The van der Waals surface area contributed by atoms with Crippen LogP contribution in [0.25, 0.3) is 0 Å². The van der Waals surface area contributed by atoms with Crippen molar-refractivity contribution in [3.8, 4) is 0 Å². The number of unbranched alkanes of at least 4 members (excludes halogenated alkanes) is 1. The summed E-state index contributed by atoms with van der Waals surface area (Å²) in [6.45, 7) is 4.12. The van der Waals surface area contributed by atoms with Gasteiger partial charge in [0.1, 0.15) is 0 Å². The average Bonchev–Trinajstić information content (AvgIpc) is 1.89. The third-order valence-corrected chi connectivity index (χ3v) is 1.80. The molecule has 2 N–H and O–H groups in total. The molecule has 0 aromatic heterocycles. The molecule has 1 amide bonds. The van der Waals surface area contributed by atoms with E-state index < -0.39 is 0 Å². The Morgan fingerprint density at radius 3 is 2.27 bits per heavy atom. The van der Waals surface area contributed by atoms with Crippen molar-refractivity contribution < 1.29 is 4.79 Å². The second-order valence-corrected chi connectivity index (χ2v) is 2.65. The summed E-state index contributed by atoms with van der Waals surface area (Å²) >= 11 is 0. The summed E-state index contributed by atoms with van der Waals surface area (Å²) in [5.41, 5.74) is 5.15. The molecule has 1 unspecified atom stereocenters. The topological polar surface area (TPSA) is 43.1 Å². The van der Waals surface area contributed by atoms with Crippen LogP contribution in [0.1, 0.15) is 39.5 Å². The Kier molecular flexibility index (Phi) is 10.1. The predicted octanol–water partition coefficient (Wildman–Crippen LogP) is 1.04. The Labute approximate surface area is 81.1 Å². The minimum atomic E-state index is -0.143. The molecular formula is C8H18LiNO. The first-order valence-electron chi connectivity index (χ1n) is 4.01. The fourth-order valence-corrected chi connectivity index (χ4v) is 0.998. The van der Waals surface area contributed by atoms with Gasteiger partial charge in [-0.05, 0) is 12.8 Å². The van der Waals surface area contributed by atoms with E-state index in [1.54, 1.807) is 0 Å². The summed E-state index contributed by atoms with van der Waals surface area (Å²) in [6, 6.07) is 0. The fourth-order valence-electron chi connectivity index (χ4n) is 0.998. The van der Waals surface area contributed by atoms with Crippen LogP contribution in [0.15, 0.2) is 0 Å². The van der Waals surface area contributed by atoms with E-state index in [-0.39, 0.29) is 30.7 Å². The van der Waals surface area contributed by atoms with Crippen LogP contribution in [0.5, 0.6) is 0 Å². The van der Waals surface area contributed by atoms with Crippen LogP contribution in [-0.2, 0) is 4.79 Å². The van der Waals surface area contributed by atoms with E-state index in [4.69, 9.17) is 5.73 Å². The molecule has 2 nitrogen and oxygen atoms in total. The van der Waals surface area contributed by atoms with E-state index in [1.807, 2.05) is 6.92 Å². The standard InChI is InChI=1S/C8H17NO.Li.H/c1-3-5-6-7(4-2)8(9)10;;/h7H,3-6H2,1-2H3,(H2,9,10);;. The zero-order chi connectivity index (χ0) is 7.98. The molecule has 62 valence electrons. The van der Waals surface area contributed by atoms with E-state index in [9.17, 15) is 4.79 Å². The molecule has 0 aliphatic heterocycles. The van der Waals surface area contributed by atoms with Crippen LogP contribution in [0.3, 0.4) is 0 Å². The van der Waals surface area contributed by atoms with Crippen molar-refractivity contribution in [2.75, 3.05) is 0 Å². The molecule has 1 atom stereocenters. The monoisotopic (exact) mass is 151 g/mol. The number of hydrogen-bond donors (Lipinski definition) is 1. The molecule has 0 rings (SSSR count). The molecule has 3 heteroatoms. The van der Waals surface area contributed by atoms with Gasteiger partial charge in [0.2, 0.25) is 5.91 Å². The predicted molar refractivity (Wildman–Crippen MR) is 49.6 cm³/mol. The number of nitrogens with two attached hydrogens (primary N) is 1.